The van der Waals surface area contributed by atoms with Crippen molar-refractivity contribution >= 4 is 23.4 Å². The fourth-order valence-corrected chi connectivity index (χ4v) is 5.74. The number of aliphatic hydroxyl groups excluding tert-OH is 1. The molecule has 2 aromatic rings. The van der Waals surface area contributed by atoms with Gasteiger partial charge in [-0.3, -0.25) is 24.2 Å². The first-order chi connectivity index (χ1) is 18.7. The van der Waals surface area contributed by atoms with Crippen molar-refractivity contribution in [2.45, 2.75) is 70.5 Å². The van der Waals surface area contributed by atoms with Gasteiger partial charge in [0.05, 0.1) is 22.8 Å². The number of imide groups is 1. The molecule has 2 atom stereocenters. The van der Waals surface area contributed by atoms with E-state index in [1.54, 1.807) is 24.3 Å². The molecule has 0 aliphatic carbocycles. The van der Waals surface area contributed by atoms with Crippen LogP contribution >= 0.6 is 0 Å². The number of halogens is 1. The van der Waals surface area contributed by atoms with E-state index in [0.29, 0.717) is 30.0 Å². The van der Waals surface area contributed by atoms with Gasteiger partial charge < -0.3 is 20.5 Å². The number of fused-ring (bicyclic) bond motifs is 1. The summed E-state index contributed by atoms with van der Waals surface area (Å²) in [5.74, 6) is -1.64. The third-order valence-electron chi connectivity index (χ3n) is 8.02. The van der Waals surface area contributed by atoms with Gasteiger partial charge in [0.2, 0.25) is 5.91 Å². The van der Waals surface area contributed by atoms with E-state index in [4.69, 9.17) is 4.74 Å². The number of ether oxygens (including phenoxy) is 1. The largest absolute Gasteiger partial charge is 0.380 e. The Hall–Kier alpha value is -3.34. The Morgan fingerprint density at radius 2 is 1.92 bits per heavy atom. The number of anilines is 1. The maximum atomic E-state index is 15.0. The average molecular weight is 539 g/mol. The van der Waals surface area contributed by atoms with Gasteiger partial charge in [0.15, 0.2) is 0 Å². The molecule has 10 heteroatoms. The lowest BCUT2D eigenvalue weighted by Crippen LogP contribution is -2.57. The van der Waals surface area contributed by atoms with Crippen molar-refractivity contribution in [1.82, 2.24) is 15.1 Å². The molecule has 2 saturated heterocycles. The molecular weight excluding hydrogens is 503 g/mol. The number of piperidine rings is 2. The number of rotatable bonds is 8. The molecule has 2 fully saturated rings. The van der Waals surface area contributed by atoms with Crippen molar-refractivity contribution in [3.8, 4) is 0 Å². The molecule has 3 N–H and O–H groups in total. The maximum Gasteiger partial charge on any atom is 0.264 e. The van der Waals surface area contributed by atoms with Crippen LogP contribution in [-0.4, -0.2) is 70.2 Å². The van der Waals surface area contributed by atoms with E-state index >= 15 is 4.39 Å². The number of benzene rings is 2. The minimum atomic E-state index is -1.31. The highest BCUT2D eigenvalue weighted by molar-refractivity contribution is 6.24. The second-order valence-corrected chi connectivity index (χ2v) is 10.8. The summed E-state index contributed by atoms with van der Waals surface area (Å²) in [6.45, 7) is 7.34. The zero-order chi connectivity index (χ0) is 27.7. The van der Waals surface area contributed by atoms with Gasteiger partial charge in [-0.15, -0.1) is 0 Å². The van der Waals surface area contributed by atoms with Gasteiger partial charge in [-0.2, -0.15) is 0 Å². The van der Waals surface area contributed by atoms with E-state index in [1.165, 1.54) is 6.07 Å². The first kappa shape index (κ1) is 27.2. The minimum Gasteiger partial charge on any atom is -0.380 e. The highest BCUT2D eigenvalue weighted by atomic mass is 19.1. The highest BCUT2D eigenvalue weighted by Crippen LogP contribution is 2.33. The first-order valence-corrected chi connectivity index (χ1v) is 13.5. The smallest absolute Gasteiger partial charge is 0.264 e. The second-order valence-electron chi connectivity index (χ2n) is 10.8. The number of carbonyl (C=O) groups excluding carboxylic acids is 3. The Kier molecular flexibility index (Phi) is 7.70. The van der Waals surface area contributed by atoms with Crippen molar-refractivity contribution < 1.29 is 28.6 Å². The molecule has 0 spiro atoms. The molecular formula is C29H35FN4O5. The van der Waals surface area contributed by atoms with Crippen LogP contribution in [0.15, 0.2) is 36.4 Å². The zero-order valence-corrected chi connectivity index (χ0v) is 22.3. The van der Waals surface area contributed by atoms with Gasteiger partial charge in [-0.05, 0) is 56.9 Å². The Morgan fingerprint density at radius 3 is 2.62 bits per heavy atom. The Bertz CT molecular complexity index is 1280. The molecule has 3 amide bonds. The molecule has 0 radical (unpaired) electrons. The van der Waals surface area contributed by atoms with Crippen molar-refractivity contribution in [3.05, 3.63) is 64.5 Å². The van der Waals surface area contributed by atoms with Crippen LogP contribution in [0.3, 0.4) is 0 Å². The van der Waals surface area contributed by atoms with Gasteiger partial charge in [0, 0.05) is 50.5 Å². The Balaban J connectivity index is 1.23. The second kappa shape index (κ2) is 11.0. The molecule has 0 saturated carbocycles. The molecule has 208 valence electrons. The van der Waals surface area contributed by atoms with Crippen LogP contribution in [0.5, 0.6) is 0 Å². The molecule has 2 aromatic carbocycles. The summed E-state index contributed by atoms with van der Waals surface area (Å²) in [5.41, 5.74) is 2.14. The summed E-state index contributed by atoms with van der Waals surface area (Å²) in [4.78, 5) is 41.2. The number of hydrogen-bond donors (Lipinski definition) is 3. The monoisotopic (exact) mass is 538 g/mol. The molecule has 3 aliphatic heterocycles. The predicted octanol–water partition coefficient (Wildman–Crippen LogP) is 3.02. The van der Waals surface area contributed by atoms with Crippen molar-refractivity contribution in [3.63, 3.8) is 0 Å². The number of aliphatic hydroxyl groups is 1. The number of nitrogens with zero attached hydrogens (tertiary/aromatic N) is 2. The highest BCUT2D eigenvalue weighted by Gasteiger charge is 2.45. The van der Waals surface area contributed by atoms with E-state index in [1.807, 2.05) is 13.0 Å². The third kappa shape index (κ3) is 5.54. The average Bonchev–Trinajstić information content (AvgIpc) is 3.16. The quantitative estimate of drug-likeness (QED) is 0.443. The lowest BCUT2D eigenvalue weighted by atomic mass is 9.93. The van der Waals surface area contributed by atoms with Crippen molar-refractivity contribution in [2.24, 2.45) is 0 Å². The molecule has 0 bridgehead atoms. The lowest BCUT2D eigenvalue weighted by Gasteiger charge is -2.39. The van der Waals surface area contributed by atoms with E-state index in [2.05, 4.69) is 22.5 Å². The first-order valence-electron chi connectivity index (χ1n) is 13.5. The fourth-order valence-electron chi connectivity index (χ4n) is 5.74. The van der Waals surface area contributed by atoms with E-state index < -0.39 is 24.1 Å². The number of carbonyl (C=O) groups is 3. The van der Waals surface area contributed by atoms with Crippen molar-refractivity contribution in [2.75, 3.05) is 25.0 Å². The van der Waals surface area contributed by atoms with E-state index in [0.717, 1.165) is 30.8 Å². The molecule has 3 heterocycles. The summed E-state index contributed by atoms with van der Waals surface area (Å²) >= 11 is 0. The van der Waals surface area contributed by atoms with Gasteiger partial charge >= 0.3 is 0 Å². The summed E-state index contributed by atoms with van der Waals surface area (Å²) in [7, 11) is 0. The van der Waals surface area contributed by atoms with Gasteiger partial charge in [0.25, 0.3) is 11.8 Å². The van der Waals surface area contributed by atoms with Gasteiger partial charge in [-0.1, -0.05) is 18.2 Å². The Morgan fingerprint density at radius 1 is 1.15 bits per heavy atom. The van der Waals surface area contributed by atoms with Crippen molar-refractivity contribution in [1.29, 1.82) is 0 Å². The Labute approximate surface area is 227 Å². The maximum absolute atomic E-state index is 15.0. The third-order valence-corrected chi connectivity index (χ3v) is 8.02. The van der Waals surface area contributed by atoms with Crippen LogP contribution in [0.2, 0.25) is 0 Å². The van der Waals surface area contributed by atoms with Crippen LogP contribution in [-0.2, 0) is 22.6 Å². The predicted molar refractivity (Wildman–Crippen MR) is 142 cm³/mol. The molecule has 9 nitrogen and oxygen atoms in total. The van der Waals surface area contributed by atoms with Crippen LogP contribution in [0, 0.1) is 5.82 Å². The van der Waals surface area contributed by atoms with Crippen LogP contribution in [0.1, 0.15) is 71.4 Å². The zero-order valence-electron chi connectivity index (χ0n) is 22.3. The van der Waals surface area contributed by atoms with Crippen LogP contribution in [0.4, 0.5) is 10.1 Å². The van der Waals surface area contributed by atoms with E-state index in [9.17, 15) is 19.5 Å². The van der Waals surface area contributed by atoms with Crippen LogP contribution in [0.25, 0.3) is 0 Å². The SMILES string of the molecule is CCOC1(C)CCN(Cc2ccc(CNc3cccc4c3C(=O)N(C3CCC(=O)NC3O)C4=O)cc2F)CC1. The summed E-state index contributed by atoms with van der Waals surface area (Å²) in [6, 6.07) is 9.27. The minimum absolute atomic E-state index is 0.105. The summed E-state index contributed by atoms with van der Waals surface area (Å²) in [5, 5.41) is 15.9. The molecule has 3 aliphatic rings. The molecule has 0 aromatic heterocycles. The molecule has 39 heavy (non-hydrogen) atoms. The number of amides is 3. The fraction of sp³-hybridized carbons (Fsp3) is 0.483. The number of nitrogens with one attached hydrogen (secondary N) is 2. The van der Waals surface area contributed by atoms with Crippen LogP contribution < -0.4 is 10.6 Å². The van der Waals surface area contributed by atoms with Gasteiger partial charge in [-0.25, -0.2) is 4.39 Å². The number of likely N-dealkylation sites (tertiary alicyclic amines) is 1. The van der Waals surface area contributed by atoms with E-state index in [-0.39, 0.29) is 47.8 Å². The summed E-state index contributed by atoms with van der Waals surface area (Å²) in [6.07, 6.45) is 0.825. The van der Waals surface area contributed by atoms with Gasteiger partial charge in [0.1, 0.15) is 12.0 Å². The number of hydrogen-bond acceptors (Lipinski definition) is 7. The normalized spacial score (nSPS) is 23.1. The lowest BCUT2D eigenvalue weighted by molar-refractivity contribution is -0.129. The topological polar surface area (TPSA) is 111 Å². The molecule has 2 unspecified atom stereocenters. The standard InChI is InChI=1S/C29H35FN4O5/c1-3-39-29(2)11-13-33(14-12-29)17-19-8-7-18(15-21(19)30)16-31-22-6-4-5-20-25(22)28(38)34(27(20)37)23-9-10-24(35)32-26(23)36/h4-8,15,23,26,31,36H,3,9-14,16-17H2,1-2H3,(H,32,35). The summed E-state index contributed by atoms with van der Waals surface area (Å²) < 4.78 is 20.9. The molecule has 5 rings (SSSR count).